The number of aliphatic imine (C=N–C) groups is 1. The highest BCUT2D eigenvalue weighted by molar-refractivity contribution is 5.92. The van der Waals surface area contributed by atoms with Gasteiger partial charge in [-0.3, -0.25) is 19.4 Å². The Kier molecular flexibility index (Phi) is 10.1. The van der Waals surface area contributed by atoms with E-state index in [1.54, 1.807) is 0 Å². The smallest absolute Gasteiger partial charge is 0.326 e. The summed E-state index contributed by atoms with van der Waals surface area (Å²) in [7, 11) is 0. The number of imidazole rings is 1. The van der Waals surface area contributed by atoms with Crippen LogP contribution in [0.1, 0.15) is 31.4 Å². The minimum Gasteiger partial charge on any atom is -0.480 e. The lowest BCUT2D eigenvalue weighted by atomic mass is 10.1. The van der Waals surface area contributed by atoms with Gasteiger partial charge < -0.3 is 42.8 Å². The van der Waals surface area contributed by atoms with Gasteiger partial charge in [0.15, 0.2) is 5.96 Å². The molecule has 3 amide bonds. The van der Waals surface area contributed by atoms with Gasteiger partial charge in [-0.2, -0.15) is 0 Å². The van der Waals surface area contributed by atoms with Crippen molar-refractivity contribution < 1.29 is 24.3 Å². The number of aromatic amines is 1. The molecule has 1 aromatic heterocycles. The van der Waals surface area contributed by atoms with E-state index in [4.69, 9.17) is 11.5 Å². The van der Waals surface area contributed by atoms with Crippen molar-refractivity contribution >= 4 is 29.7 Å². The number of carbonyl (C=O) groups is 4. The van der Waals surface area contributed by atoms with E-state index < -0.39 is 36.4 Å². The molecule has 0 aliphatic carbocycles. The van der Waals surface area contributed by atoms with E-state index in [1.807, 2.05) is 0 Å². The molecule has 0 aromatic carbocycles. The van der Waals surface area contributed by atoms with Crippen LogP contribution < -0.4 is 32.7 Å². The number of nitrogens with zero attached hydrogens (tertiary/aromatic N) is 2. The second-order valence-electron chi connectivity index (χ2n) is 7.62. The number of carbonyl (C=O) groups excluding carboxylic acids is 3. The Balaban J connectivity index is 1.89. The second-order valence-corrected chi connectivity index (χ2v) is 7.62. The van der Waals surface area contributed by atoms with Gasteiger partial charge in [0.1, 0.15) is 12.1 Å². The summed E-state index contributed by atoms with van der Waals surface area (Å²) in [6.45, 7) is 0.550. The predicted molar refractivity (Wildman–Crippen MR) is 118 cm³/mol. The molecule has 1 aliphatic rings. The normalized spacial score (nSPS) is 16.9. The molecule has 0 radical (unpaired) electrons. The van der Waals surface area contributed by atoms with E-state index in [0.29, 0.717) is 18.5 Å². The Morgan fingerprint density at radius 1 is 1.24 bits per heavy atom. The molecular weight excluding hydrogens is 434 g/mol. The van der Waals surface area contributed by atoms with Crippen molar-refractivity contribution in [3.63, 3.8) is 0 Å². The fourth-order valence-corrected chi connectivity index (χ4v) is 3.31. The third-order valence-electron chi connectivity index (χ3n) is 4.99. The maximum absolute atomic E-state index is 12.7. The first-order chi connectivity index (χ1) is 15.8. The largest absolute Gasteiger partial charge is 0.480 e. The molecule has 1 saturated heterocycles. The number of hydrogen-bond acceptors (Lipinski definition) is 7. The summed E-state index contributed by atoms with van der Waals surface area (Å²) in [6.07, 6.45) is 5.07. The summed E-state index contributed by atoms with van der Waals surface area (Å²) in [6, 6.07) is -2.47. The Morgan fingerprint density at radius 3 is 2.64 bits per heavy atom. The van der Waals surface area contributed by atoms with Gasteiger partial charge in [0.25, 0.3) is 0 Å². The summed E-state index contributed by atoms with van der Waals surface area (Å²) in [4.78, 5) is 59.2. The van der Waals surface area contributed by atoms with Crippen molar-refractivity contribution in [3.8, 4) is 0 Å². The molecular formula is C19H31N9O5. The van der Waals surface area contributed by atoms with Crippen molar-refractivity contribution in [1.82, 2.24) is 31.2 Å². The molecule has 1 aromatic rings. The number of H-pyrrole nitrogens is 1. The lowest BCUT2D eigenvalue weighted by molar-refractivity contribution is -0.141. The number of aliphatic carboxylic acids is 1. The summed E-state index contributed by atoms with van der Waals surface area (Å²) in [5.41, 5.74) is 11.1. The monoisotopic (exact) mass is 465 g/mol. The molecule has 14 heteroatoms. The lowest BCUT2D eigenvalue weighted by Gasteiger charge is -2.21. The number of carboxylic acid groups (broad SMARTS) is 1. The van der Waals surface area contributed by atoms with E-state index >= 15 is 0 Å². The first-order valence-electron chi connectivity index (χ1n) is 10.6. The van der Waals surface area contributed by atoms with E-state index in [0.717, 1.165) is 13.0 Å². The minimum absolute atomic E-state index is 0.00683. The molecule has 182 valence electrons. The van der Waals surface area contributed by atoms with Gasteiger partial charge in [-0.05, 0) is 32.2 Å². The van der Waals surface area contributed by atoms with Crippen molar-refractivity contribution in [2.45, 2.75) is 50.2 Å². The van der Waals surface area contributed by atoms with Crippen molar-refractivity contribution in [2.75, 3.05) is 19.6 Å². The number of hydrogen-bond donors (Lipinski definition) is 8. The molecule has 2 heterocycles. The summed E-state index contributed by atoms with van der Waals surface area (Å²) in [5, 5.41) is 19.9. The summed E-state index contributed by atoms with van der Waals surface area (Å²) >= 11 is 0. The standard InChI is InChI=1S/C19H31N9O5/c20-19(21)24-6-2-4-13(28-17(31)12-3-1-5-23-12)16(30)25-9-15(29)27-14(18(32)33)7-11-8-22-10-26-11/h8,10,12-14,23H,1-7,9H2,(H,22,26)(H,25,30)(H,27,29)(H,28,31)(H,32,33)(H4,20,21,24). The molecule has 10 N–H and O–H groups in total. The van der Waals surface area contributed by atoms with Crippen LogP contribution in [0.25, 0.3) is 0 Å². The summed E-state index contributed by atoms with van der Waals surface area (Å²) < 4.78 is 0. The van der Waals surface area contributed by atoms with Gasteiger partial charge >= 0.3 is 5.97 Å². The average molecular weight is 466 g/mol. The van der Waals surface area contributed by atoms with Crippen LogP contribution in [0, 0.1) is 0 Å². The third kappa shape index (κ3) is 9.14. The van der Waals surface area contributed by atoms with Gasteiger partial charge in [0, 0.05) is 24.9 Å². The Morgan fingerprint density at radius 2 is 2.03 bits per heavy atom. The molecule has 0 bridgehead atoms. The highest BCUT2D eigenvalue weighted by Gasteiger charge is 2.28. The van der Waals surface area contributed by atoms with E-state index in [-0.39, 0.29) is 37.3 Å². The number of amides is 3. The maximum Gasteiger partial charge on any atom is 0.326 e. The Bertz CT molecular complexity index is 833. The number of nitrogens with one attached hydrogen (secondary N) is 5. The van der Waals surface area contributed by atoms with Crippen LogP contribution in [0.4, 0.5) is 0 Å². The number of rotatable bonds is 13. The third-order valence-corrected chi connectivity index (χ3v) is 4.99. The Labute approximate surface area is 190 Å². The second kappa shape index (κ2) is 13.0. The van der Waals surface area contributed by atoms with Crippen LogP contribution in [-0.4, -0.2) is 82.5 Å². The average Bonchev–Trinajstić information content (AvgIpc) is 3.47. The van der Waals surface area contributed by atoms with E-state index in [2.05, 4.69) is 36.2 Å². The zero-order valence-corrected chi connectivity index (χ0v) is 18.2. The van der Waals surface area contributed by atoms with Crippen LogP contribution in [0.5, 0.6) is 0 Å². The molecule has 1 aliphatic heterocycles. The van der Waals surface area contributed by atoms with Gasteiger partial charge in [-0.25, -0.2) is 9.78 Å². The highest BCUT2D eigenvalue weighted by Crippen LogP contribution is 2.07. The zero-order chi connectivity index (χ0) is 24.2. The van der Waals surface area contributed by atoms with Crippen LogP contribution in [0.3, 0.4) is 0 Å². The van der Waals surface area contributed by atoms with Crippen LogP contribution in [0.2, 0.25) is 0 Å². The SMILES string of the molecule is NC(N)=NCCCC(NC(=O)C1CCCN1)C(=O)NCC(=O)NC(Cc1cnc[nH]1)C(=O)O. The molecule has 2 rings (SSSR count). The van der Waals surface area contributed by atoms with E-state index in [1.165, 1.54) is 12.5 Å². The Hall–Kier alpha value is -3.68. The van der Waals surface area contributed by atoms with Gasteiger partial charge in [0.2, 0.25) is 17.7 Å². The molecule has 0 saturated carbocycles. The molecule has 1 fully saturated rings. The topological polar surface area (TPSA) is 230 Å². The fourth-order valence-electron chi connectivity index (χ4n) is 3.31. The maximum atomic E-state index is 12.7. The minimum atomic E-state index is -1.22. The zero-order valence-electron chi connectivity index (χ0n) is 18.2. The molecule has 3 atom stereocenters. The molecule has 14 nitrogen and oxygen atoms in total. The predicted octanol–water partition coefficient (Wildman–Crippen LogP) is -3.07. The van der Waals surface area contributed by atoms with Crippen molar-refractivity contribution in [3.05, 3.63) is 18.2 Å². The lowest BCUT2D eigenvalue weighted by Crippen LogP contribution is -2.53. The fraction of sp³-hybridized carbons (Fsp3) is 0.579. The number of guanidine groups is 1. The van der Waals surface area contributed by atoms with Gasteiger partial charge in [-0.15, -0.1) is 0 Å². The van der Waals surface area contributed by atoms with Gasteiger partial charge in [0.05, 0.1) is 18.9 Å². The first kappa shape index (κ1) is 25.6. The molecule has 3 unspecified atom stereocenters. The number of carboxylic acids is 1. The van der Waals surface area contributed by atoms with Gasteiger partial charge in [-0.1, -0.05) is 0 Å². The highest BCUT2D eigenvalue weighted by atomic mass is 16.4. The van der Waals surface area contributed by atoms with Crippen molar-refractivity contribution in [1.29, 1.82) is 0 Å². The summed E-state index contributed by atoms with van der Waals surface area (Å²) in [5.74, 6) is -2.85. The van der Waals surface area contributed by atoms with Crippen molar-refractivity contribution in [2.24, 2.45) is 16.5 Å². The van der Waals surface area contributed by atoms with Crippen LogP contribution in [0.15, 0.2) is 17.5 Å². The molecule has 0 spiro atoms. The quantitative estimate of drug-likeness (QED) is 0.0837. The number of nitrogens with two attached hydrogens (primary N) is 2. The van der Waals surface area contributed by atoms with Crippen LogP contribution in [-0.2, 0) is 25.6 Å². The van der Waals surface area contributed by atoms with Crippen LogP contribution >= 0.6 is 0 Å². The molecule has 33 heavy (non-hydrogen) atoms. The number of aromatic nitrogens is 2. The van der Waals surface area contributed by atoms with E-state index in [9.17, 15) is 24.3 Å². The first-order valence-corrected chi connectivity index (χ1v) is 10.6.